The highest BCUT2D eigenvalue weighted by Crippen LogP contribution is 2.30. The number of aryl methyl sites for hydroxylation is 2. The molecule has 0 radical (unpaired) electrons. The third-order valence-electron chi connectivity index (χ3n) is 5.98. The molecule has 4 aromatic carbocycles. The molecule has 0 aliphatic heterocycles. The van der Waals surface area contributed by atoms with Crippen molar-refractivity contribution in [3.63, 3.8) is 0 Å². The van der Waals surface area contributed by atoms with E-state index in [1.165, 1.54) is 11.6 Å². The summed E-state index contributed by atoms with van der Waals surface area (Å²) in [5, 5.41) is 12.4. The number of nitrogens with one attached hydrogen (secondary N) is 1. The summed E-state index contributed by atoms with van der Waals surface area (Å²) in [4.78, 5) is 12.8. The lowest BCUT2D eigenvalue weighted by atomic mass is 10.1. The summed E-state index contributed by atoms with van der Waals surface area (Å²) in [5.74, 6) is 1.25. The lowest BCUT2D eigenvalue weighted by molar-refractivity contribution is -0.112. The molecule has 0 saturated heterocycles. The summed E-state index contributed by atoms with van der Waals surface area (Å²) in [7, 11) is 1.55. The Morgan fingerprint density at radius 2 is 1.56 bits per heavy atom. The van der Waals surface area contributed by atoms with Crippen LogP contribution in [-0.2, 0) is 18.0 Å². The predicted octanol–water partition coefficient (Wildman–Crippen LogP) is 7.02. The first-order chi connectivity index (χ1) is 18.9. The second-order valence-electron chi connectivity index (χ2n) is 9.11. The van der Waals surface area contributed by atoms with Gasteiger partial charge in [0.05, 0.1) is 7.11 Å². The van der Waals surface area contributed by atoms with Gasteiger partial charge in [0.1, 0.15) is 30.6 Å². The van der Waals surface area contributed by atoms with Crippen LogP contribution in [0.3, 0.4) is 0 Å². The molecule has 0 aromatic heterocycles. The zero-order chi connectivity index (χ0) is 27.6. The van der Waals surface area contributed by atoms with Crippen LogP contribution in [0.25, 0.3) is 6.08 Å². The van der Waals surface area contributed by atoms with Crippen molar-refractivity contribution in [2.75, 3.05) is 12.4 Å². The van der Waals surface area contributed by atoms with E-state index in [-0.39, 0.29) is 5.57 Å². The lowest BCUT2D eigenvalue weighted by Gasteiger charge is -2.12. The van der Waals surface area contributed by atoms with Crippen LogP contribution in [0.15, 0.2) is 96.6 Å². The summed E-state index contributed by atoms with van der Waals surface area (Å²) in [6.07, 6.45) is 1.52. The van der Waals surface area contributed by atoms with Gasteiger partial charge in [-0.2, -0.15) is 5.26 Å². The molecule has 0 bridgehead atoms. The van der Waals surface area contributed by atoms with Crippen molar-refractivity contribution in [1.29, 1.82) is 5.26 Å². The molecule has 0 aliphatic carbocycles. The fraction of sp³-hybridized carbons (Fsp3) is 0.152. The first kappa shape index (κ1) is 27.0. The molecule has 0 unspecified atom stereocenters. The average molecular weight is 519 g/mol. The van der Waals surface area contributed by atoms with E-state index in [0.717, 1.165) is 16.7 Å². The number of amides is 1. The van der Waals surface area contributed by atoms with Crippen molar-refractivity contribution >= 4 is 17.7 Å². The fourth-order valence-corrected chi connectivity index (χ4v) is 3.86. The molecule has 0 atom stereocenters. The topological polar surface area (TPSA) is 80.6 Å². The van der Waals surface area contributed by atoms with Gasteiger partial charge in [0.15, 0.2) is 11.5 Å². The summed E-state index contributed by atoms with van der Waals surface area (Å²) >= 11 is 0. The quantitative estimate of drug-likeness (QED) is 0.180. The van der Waals surface area contributed by atoms with Crippen LogP contribution in [0, 0.1) is 25.2 Å². The molecular formula is C33H30N2O4. The molecule has 0 fully saturated rings. The number of benzene rings is 4. The molecular weight excluding hydrogens is 488 g/mol. The summed E-state index contributed by atoms with van der Waals surface area (Å²) in [5.41, 5.74) is 5.64. The van der Waals surface area contributed by atoms with Gasteiger partial charge in [-0.25, -0.2) is 0 Å². The molecule has 39 heavy (non-hydrogen) atoms. The number of nitriles is 1. The van der Waals surface area contributed by atoms with Crippen molar-refractivity contribution in [3.8, 4) is 23.3 Å². The van der Waals surface area contributed by atoms with E-state index in [1.807, 2.05) is 62.4 Å². The zero-order valence-electron chi connectivity index (χ0n) is 22.2. The number of methoxy groups -OCH3 is 1. The Labute approximate surface area is 229 Å². The smallest absolute Gasteiger partial charge is 0.266 e. The number of carbonyl (C=O) groups excluding carboxylic acids is 1. The molecule has 0 aliphatic rings. The molecule has 6 nitrogen and oxygen atoms in total. The Morgan fingerprint density at radius 1 is 0.821 bits per heavy atom. The minimum atomic E-state index is -0.510. The molecule has 1 N–H and O–H groups in total. The van der Waals surface area contributed by atoms with Gasteiger partial charge in [-0.3, -0.25) is 4.79 Å². The van der Waals surface area contributed by atoms with E-state index in [1.54, 1.807) is 49.6 Å². The van der Waals surface area contributed by atoms with Crippen LogP contribution in [-0.4, -0.2) is 13.0 Å². The van der Waals surface area contributed by atoms with E-state index in [2.05, 4.69) is 11.4 Å². The summed E-state index contributed by atoms with van der Waals surface area (Å²) < 4.78 is 17.2. The number of carbonyl (C=O) groups is 1. The number of rotatable bonds is 10. The minimum Gasteiger partial charge on any atom is -0.493 e. The highest BCUT2D eigenvalue weighted by molar-refractivity contribution is 6.09. The van der Waals surface area contributed by atoms with Crippen molar-refractivity contribution in [2.24, 2.45) is 0 Å². The number of hydrogen-bond acceptors (Lipinski definition) is 5. The van der Waals surface area contributed by atoms with Crippen LogP contribution >= 0.6 is 0 Å². The van der Waals surface area contributed by atoms with Crippen molar-refractivity contribution in [2.45, 2.75) is 27.1 Å². The first-order valence-electron chi connectivity index (χ1n) is 12.5. The van der Waals surface area contributed by atoms with E-state index < -0.39 is 5.91 Å². The van der Waals surface area contributed by atoms with Gasteiger partial charge in [-0.15, -0.1) is 0 Å². The summed E-state index contributed by atoms with van der Waals surface area (Å²) in [6.45, 7) is 4.92. The lowest BCUT2D eigenvalue weighted by Crippen LogP contribution is -2.13. The Hall–Kier alpha value is -5.02. The minimum absolute atomic E-state index is 0.0369. The highest BCUT2D eigenvalue weighted by Gasteiger charge is 2.12. The molecule has 196 valence electrons. The van der Waals surface area contributed by atoms with Crippen LogP contribution in [0.5, 0.6) is 17.2 Å². The van der Waals surface area contributed by atoms with Gasteiger partial charge in [0, 0.05) is 5.69 Å². The van der Waals surface area contributed by atoms with Gasteiger partial charge in [-0.1, -0.05) is 65.7 Å². The van der Waals surface area contributed by atoms with Gasteiger partial charge >= 0.3 is 0 Å². The van der Waals surface area contributed by atoms with Crippen LogP contribution in [0.2, 0.25) is 0 Å². The molecule has 6 heteroatoms. The molecule has 0 spiro atoms. The summed E-state index contributed by atoms with van der Waals surface area (Å²) in [6, 6.07) is 30.5. The maximum absolute atomic E-state index is 12.8. The van der Waals surface area contributed by atoms with E-state index >= 15 is 0 Å². The van der Waals surface area contributed by atoms with Crippen molar-refractivity contribution in [1.82, 2.24) is 0 Å². The molecule has 0 saturated carbocycles. The van der Waals surface area contributed by atoms with Gasteiger partial charge in [0.25, 0.3) is 5.91 Å². The molecule has 4 rings (SSSR count). The van der Waals surface area contributed by atoms with Crippen molar-refractivity contribution in [3.05, 3.63) is 124 Å². The Balaban J connectivity index is 1.37. The van der Waals surface area contributed by atoms with Gasteiger partial charge < -0.3 is 19.5 Å². The number of hydrogen-bond donors (Lipinski definition) is 1. The molecule has 0 heterocycles. The zero-order valence-corrected chi connectivity index (χ0v) is 22.2. The van der Waals surface area contributed by atoms with E-state index in [4.69, 9.17) is 14.2 Å². The number of ether oxygens (including phenoxy) is 3. The SMILES string of the molecule is COc1cc(/C=C(\C#N)C(=O)Nc2ccc(OCc3ccc(C)cc3)cc2)ccc1OCc1cccc(C)c1. The van der Waals surface area contributed by atoms with Crippen LogP contribution in [0.4, 0.5) is 5.69 Å². The second-order valence-corrected chi connectivity index (χ2v) is 9.11. The average Bonchev–Trinajstić information content (AvgIpc) is 2.95. The normalized spacial score (nSPS) is 10.9. The third kappa shape index (κ3) is 7.73. The monoisotopic (exact) mass is 518 g/mol. The van der Waals surface area contributed by atoms with E-state index in [9.17, 15) is 10.1 Å². The first-order valence-corrected chi connectivity index (χ1v) is 12.5. The van der Waals surface area contributed by atoms with Crippen molar-refractivity contribution < 1.29 is 19.0 Å². The number of anilines is 1. The maximum Gasteiger partial charge on any atom is 0.266 e. The largest absolute Gasteiger partial charge is 0.493 e. The second kappa shape index (κ2) is 13.0. The molecule has 4 aromatic rings. The van der Waals surface area contributed by atoms with Crippen LogP contribution in [0.1, 0.15) is 27.8 Å². The van der Waals surface area contributed by atoms with Crippen LogP contribution < -0.4 is 19.5 Å². The van der Waals surface area contributed by atoms with Gasteiger partial charge in [0.2, 0.25) is 0 Å². The maximum atomic E-state index is 12.8. The molecule has 1 amide bonds. The highest BCUT2D eigenvalue weighted by atomic mass is 16.5. The van der Waals surface area contributed by atoms with Gasteiger partial charge in [-0.05, 0) is 73.0 Å². The number of nitrogens with zero attached hydrogens (tertiary/aromatic N) is 1. The Morgan fingerprint density at radius 3 is 2.26 bits per heavy atom. The standard InChI is InChI=1S/C33H30N2O4/c1-23-7-9-25(10-8-23)21-38-30-14-12-29(13-15-30)35-33(36)28(20-34)18-26-11-16-31(32(19-26)37-3)39-22-27-6-4-5-24(2)17-27/h4-19H,21-22H2,1-3H3,(H,35,36)/b28-18+. The Kier molecular flexibility index (Phi) is 8.99. The third-order valence-corrected chi connectivity index (χ3v) is 5.98. The Bertz CT molecular complexity index is 1500. The fourth-order valence-electron chi connectivity index (χ4n) is 3.86. The van der Waals surface area contributed by atoms with E-state index in [0.29, 0.717) is 41.7 Å². The predicted molar refractivity (Wildman–Crippen MR) is 153 cm³/mol.